The molecular weight excluding hydrogens is 426 g/mol. The highest BCUT2D eigenvalue weighted by Crippen LogP contribution is 2.17. The van der Waals surface area contributed by atoms with E-state index >= 15 is 0 Å². The van der Waals surface area contributed by atoms with E-state index in [4.69, 9.17) is 14.2 Å². The predicted molar refractivity (Wildman–Crippen MR) is 122 cm³/mol. The van der Waals surface area contributed by atoms with E-state index in [1.165, 1.54) is 13.3 Å². The standard InChI is InChI=1S/C24H21N3O6/c1-31-19-12-8-17(9-13-19)24(30)33-20-10-6-16(7-11-20)15-25-27-23(29)22(28)26-18-4-3-5-21(14-18)32-2/h3-15H,1-2H3,(H,26,28)(H,27,29)/b25-15+. The molecule has 0 atom stereocenters. The zero-order valence-corrected chi connectivity index (χ0v) is 17.9. The number of ether oxygens (including phenoxy) is 3. The van der Waals surface area contributed by atoms with E-state index < -0.39 is 17.8 Å². The Labute approximate surface area is 190 Å². The lowest BCUT2D eigenvalue weighted by Gasteiger charge is -2.06. The van der Waals surface area contributed by atoms with Gasteiger partial charge in [-0.25, -0.2) is 10.2 Å². The molecule has 9 heteroatoms. The lowest BCUT2D eigenvalue weighted by atomic mass is 10.2. The molecule has 0 saturated carbocycles. The highest BCUT2D eigenvalue weighted by atomic mass is 16.5. The first-order valence-corrected chi connectivity index (χ1v) is 9.73. The van der Waals surface area contributed by atoms with Crippen LogP contribution in [-0.2, 0) is 9.59 Å². The molecule has 2 amide bonds. The number of nitrogens with one attached hydrogen (secondary N) is 2. The molecule has 3 aromatic rings. The van der Waals surface area contributed by atoms with Crippen molar-refractivity contribution in [3.05, 3.63) is 83.9 Å². The van der Waals surface area contributed by atoms with Gasteiger partial charge in [0.05, 0.1) is 26.0 Å². The Hall–Kier alpha value is -4.66. The van der Waals surface area contributed by atoms with E-state index in [-0.39, 0.29) is 0 Å². The van der Waals surface area contributed by atoms with Gasteiger partial charge in [0.25, 0.3) is 0 Å². The SMILES string of the molecule is COc1ccc(C(=O)Oc2ccc(/C=N/NC(=O)C(=O)Nc3cccc(OC)c3)cc2)cc1. The fourth-order valence-corrected chi connectivity index (χ4v) is 2.62. The van der Waals surface area contributed by atoms with Crippen molar-refractivity contribution in [3.63, 3.8) is 0 Å². The number of amides is 2. The molecule has 9 nitrogen and oxygen atoms in total. The van der Waals surface area contributed by atoms with Crippen molar-refractivity contribution < 1.29 is 28.6 Å². The molecule has 33 heavy (non-hydrogen) atoms. The van der Waals surface area contributed by atoms with Crippen molar-refractivity contribution in [1.29, 1.82) is 0 Å². The van der Waals surface area contributed by atoms with Crippen LogP contribution in [0.4, 0.5) is 5.69 Å². The van der Waals surface area contributed by atoms with Gasteiger partial charge in [-0.15, -0.1) is 0 Å². The molecule has 0 aliphatic heterocycles. The first-order valence-electron chi connectivity index (χ1n) is 9.73. The van der Waals surface area contributed by atoms with Crippen LogP contribution in [0.2, 0.25) is 0 Å². The Morgan fingerprint density at radius 1 is 0.788 bits per heavy atom. The number of carbonyl (C=O) groups is 3. The van der Waals surface area contributed by atoms with Crippen LogP contribution in [0.25, 0.3) is 0 Å². The summed E-state index contributed by atoms with van der Waals surface area (Å²) < 4.78 is 15.4. The molecular formula is C24H21N3O6. The van der Waals surface area contributed by atoms with Gasteiger partial charge in [-0.05, 0) is 66.2 Å². The zero-order chi connectivity index (χ0) is 23.6. The molecule has 168 valence electrons. The molecule has 0 aliphatic rings. The number of benzene rings is 3. The second-order valence-corrected chi connectivity index (χ2v) is 6.57. The molecule has 0 aromatic heterocycles. The first kappa shape index (κ1) is 23.0. The van der Waals surface area contributed by atoms with Gasteiger partial charge >= 0.3 is 17.8 Å². The molecule has 0 spiro atoms. The Bertz CT molecular complexity index is 1160. The summed E-state index contributed by atoms with van der Waals surface area (Å²) in [5.41, 5.74) is 3.57. The second-order valence-electron chi connectivity index (χ2n) is 6.57. The lowest BCUT2D eigenvalue weighted by molar-refractivity contribution is -0.136. The maximum Gasteiger partial charge on any atom is 0.343 e. The van der Waals surface area contributed by atoms with Gasteiger partial charge in [0.1, 0.15) is 17.2 Å². The molecule has 0 bridgehead atoms. The fourth-order valence-electron chi connectivity index (χ4n) is 2.62. The summed E-state index contributed by atoms with van der Waals surface area (Å²) in [6, 6.07) is 19.6. The Kier molecular flexibility index (Phi) is 7.74. The Morgan fingerprint density at radius 3 is 2.12 bits per heavy atom. The van der Waals surface area contributed by atoms with E-state index in [1.807, 2.05) is 0 Å². The summed E-state index contributed by atoms with van der Waals surface area (Å²) in [7, 11) is 3.04. The predicted octanol–water partition coefficient (Wildman–Crippen LogP) is 3.01. The first-order chi connectivity index (χ1) is 16.0. The average Bonchev–Trinajstić information content (AvgIpc) is 2.85. The highest BCUT2D eigenvalue weighted by Gasteiger charge is 2.13. The van der Waals surface area contributed by atoms with Crippen molar-refractivity contribution in [3.8, 4) is 17.2 Å². The van der Waals surface area contributed by atoms with Gasteiger partial charge < -0.3 is 19.5 Å². The molecule has 2 N–H and O–H groups in total. The van der Waals surface area contributed by atoms with Gasteiger partial charge in [-0.3, -0.25) is 9.59 Å². The quantitative estimate of drug-likeness (QED) is 0.189. The second kappa shape index (κ2) is 11.1. The van der Waals surface area contributed by atoms with Crippen LogP contribution in [0.1, 0.15) is 15.9 Å². The van der Waals surface area contributed by atoms with Gasteiger partial charge in [0.2, 0.25) is 0 Å². The molecule has 0 heterocycles. The van der Waals surface area contributed by atoms with E-state index in [2.05, 4.69) is 15.8 Å². The van der Waals surface area contributed by atoms with Crippen LogP contribution >= 0.6 is 0 Å². The summed E-state index contributed by atoms with van der Waals surface area (Å²) in [6.07, 6.45) is 1.35. The van der Waals surface area contributed by atoms with E-state index in [0.29, 0.717) is 34.1 Å². The fraction of sp³-hybridized carbons (Fsp3) is 0.0833. The summed E-state index contributed by atoms with van der Waals surface area (Å²) in [5, 5.41) is 6.21. The number of carbonyl (C=O) groups excluding carboxylic acids is 3. The van der Waals surface area contributed by atoms with Gasteiger partial charge in [-0.2, -0.15) is 5.10 Å². The number of methoxy groups -OCH3 is 2. The maximum absolute atomic E-state index is 12.2. The molecule has 0 radical (unpaired) electrons. The average molecular weight is 447 g/mol. The van der Waals surface area contributed by atoms with E-state index in [0.717, 1.165) is 0 Å². The van der Waals surface area contributed by atoms with Gasteiger partial charge in [0, 0.05) is 11.8 Å². The number of hydrogen-bond acceptors (Lipinski definition) is 7. The van der Waals surface area contributed by atoms with Crippen LogP contribution in [-0.4, -0.2) is 38.2 Å². The largest absolute Gasteiger partial charge is 0.497 e. The molecule has 0 unspecified atom stereocenters. The van der Waals surface area contributed by atoms with Crippen molar-refractivity contribution in [2.75, 3.05) is 19.5 Å². The minimum Gasteiger partial charge on any atom is -0.497 e. The van der Waals surface area contributed by atoms with Crippen LogP contribution in [0.15, 0.2) is 77.9 Å². The van der Waals surface area contributed by atoms with E-state index in [1.54, 1.807) is 79.9 Å². The van der Waals surface area contributed by atoms with Gasteiger partial charge in [-0.1, -0.05) is 6.07 Å². The maximum atomic E-state index is 12.2. The van der Waals surface area contributed by atoms with Crippen LogP contribution in [0.5, 0.6) is 17.2 Å². The molecule has 3 rings (SSSR count). The third-order valence-electron chi connectivity index (χ3n) is 4.33. The Balaban J connectivity index is 1.50. The summed E-state index contributed by atoms with van der Waals surface area (Å²) in [6.45, 7) is 0. The monoisotopic (exact) mass is 447 g/mol. The van der Waals surface area contributed by atoms with Crippen LogP contribution < -0.4 is 25.0 Å². The third kappa shape index (κ3) is 6.66. The molecule has 0 aliphatic carbocycles. The molecule has 3 aromatic carbocycles. The topological polar surface area (TPSA) is 115 Å². The van der Waals surface area contributed by atoms with E-state index in [9.17, 15) is 14.4 Å². The van der Waals surface area contributed by atoms with Crippen molar-refractivity contribution in [2.45, 2.75) is 0 Å². The third-order valence-corrected chi connectivity index (χ3v) is 4.33. The zero-order valence-electron chi connectivity index (χ0n) is 17.9. The number of hydrazone groups is 1. The van der Waals surface area contributed by atoms with Crippen LogP contribution in [0.3, 0.4) is 0 Å². The summed E-state index contributed by atoms with van der Waals surface area (Å²) >= 11 is 0. The highest BCUT2D eigenvalue weighted by molar-refractivity contribution is 6.39. The number of rotatable bonds is 7. The van der Waals surface area contributed by atoms with Gasteiger partial charge in [0.15, 0.2) is 0 Å². The summed E-state index contributed by atoms with van der Waals surface area (Å²) in [4.78, 5) is 36.1. The van der Waals surface area contributed by atoms with Crippen molar-refractivity contribution in [2.24, 2.45) is 5.10 Å². The molecule has 0 saturated heterocycles. The number of anilines is 1. The Morgan fingerprint density at radius 2 is 1.45 bits per heavy atom. The number of hydrogen-bond donors (Lipinski definition) is 2. The minimum atomic E-state index is -0.931. The summed E-state index contributed by atoms with van der Waals surface area (Å²) in [5.74, 6) is -0.784. The minimum absolute atomic E-state index is 0.342. The lowest BCUT2D eigenvalue weighted by Crippen LogP contribution is -2.32. The molecule has 0 fully saturated rings. The van der Waals surface area contributed by atoms with Crippen molar-refractivity contribution >= 4 is 29.7 Å². The number of esters is 1. The smallest absolute Gasteiger partial charge is 0.343 e. The normalized spacial score (nSPS) is 10.4. The number of nitrogens with zero attached hydrogens (tertiary/aromatic N) is 1. The van der Waals surface area contributed by atoms with Crippen LogP contribution in [0, 0.1) is 0 Å². The van der Waals surface area contributed by atoms with Crippen molar-refractivity contribution in [1.82, 2.24) is 5.43 Å².